The number of rotatable bonds is 5. The van der Waals surface area contributed by atoms with Crippen LogP contribution in [0.25, 0.3) is 0 Å². The van der Waals surface area contributed by atoms with E-state index >= 15 is 0 Å². The summed E-state index contributed by atoms with van der Waals surface area (Å²) < 4.78 is 32.5. The molecule has 1 aliphatic carbocycles. The quantitative estimate of drug-likeness (QED) is 0.830. The Labute approximate surface area is 136 Å². The number of allylic oxidation sites excluding steroid dienone is 1. The molecule has 0 radical (unpaired) electrons. The number of alkyl halides is 2. The zero-order chi connectivity index (χ0) is 16.7. The number of carbonyl (C=O) groups is 1. The Balaban J connectivity index is 2.13. The molecule has 0 unspecified atom stereocenters. The van der Waals surface area contributed by atoms with E-state index in [1.165, 1.54) is 24.3 Å². The molecule has 3 nitrogen and oxygen atoms in total. The molecular formula is C15H14Cl2F2O3. The van der Waals surface area contributed by atoms with Crippen molar-refractivity contribution in [3.8, 4) is 5.75 Å². The third-order valence-electron chi connectivity index (χ3n) is 3.84. The smallest absolute Gasteiger partial charge is 0.437 e. The third-order valence-corrected chi connectivity index (χ3v) is 4.44. The molecule has 1 fully saturated rings. The molecule has 1 N–H and O–H groups in total. The molecule has 0 aromatic heterocycles. The highest BCUT2D eigenvalue weighted by atomic mass is 35.5. The first-order chi connectivity index (χ1) is 10.1. The van der Waals surface area contributed by atoms with Crippen LogP contribution in [0.2, 0.25) is 5.02 Å². The van der Waals surface area contributed by atoms with Gasteiger partial charge in [0.1, 0.15) is 10.8 Å². The first-order valence-electron chi connectivity index (χ1n) is 6.48. The molecule has 1 aromatic rings. The molecule has 0 amide bonds. The second-order valence-electron chi connectivity index (χ2n) is 5.75. The van der Waals surface area contributed by atoms with Crippen molar-refractivity contribution >= 4 is 29.2 Å². The lowest BCUT2D eigenvalue weighted by atomic mass is 10.1. The van der Waals surface area contributed by atoms with Crippen LogP contribution in [-0.4, -0.2) is 17.2 Å². The van der Waals surface area contributed by atoms with E-state index < -0.39 is 34.4 Å². The zero-order valence-corrected chi connectivity index (χ0v) is 13.3. The number of hydrogen-bond donors (Lipinski definition) is 1. The van der Waals surface area contributed by atoms with Crippen molar-refractivity contribution < 1.29 is 23.4 Å². The van der Waals surface area contributed by atoms with Gasteiger partial charge < -0.3 is 9.84 Å². The Morgan fingerprint density at radius 2 is 1.91 bits per heavy atom. The predicted octanol–water partition coefficient (Wildman–Crippen LogP) is 4.79. The summed E-state index contributed by atoms with van der Waals surface area (Å²) >= 11 is 11.3. The highest BCUT2D eigenvalue weighted by molar-refractivity contribution is 6.30. The Bertz CT molecular complexity index is 612. The lowest BCUT2D eigenvalue weighted by Crippen LogP contribution is -2.25. The van der Waals surface area contributed by atoms with Gasteiger partial charge in [-0.2, -0.15) is 8.78 Å². The van der Waals surface area contributed by atoms with E-state index in [4.69, 9.17) is 28.3 Å². The molecule has 2 rings (SSSR count). The van der Waals surface area contributed by atoms with E-state index in [0.29, 0.717) is 5.02 Å². The van der Waals surface area contributed by atoms with Crippen LogP contribution in [0.4, 0.5) is 8.78 Å². The summed E-state index contributed by atoms with van der Waals surface area (Å²) in [6, 6.07) is 5.41. The van der Waals surface area contributed by atoms with Gasteiger partial charge in [-0.3, -0.25) is 4.79 Å². The Morgan fingerprint density at radius 1 is 1.36 bits per heavy atom. The maximum absolute atomic E-state index is 14.0. The van der Waals surface area contributed by atoms with Gasteiger partial charge >= 0.3 is 12.1 Å². The number of carboxylic acid groups (broad SMARTS) is 1. The van der Waals surface area contributed by atoms with E-state index in [9.17, 15) is 13.6 Å². The summed E-state index contributed by atoms with van der Waals surface area (Å²) in [5.41, 5.74) is -0.609. The monoisotopic (exact) mass is 350 g/mol. The fourth-order valence-electron chi connectivity index (χ4n) is 2.41. The number of hydrogen-bond acceptors (Lipinski definition) is 2. The summed E-state index contributed by atoms with van der Waals surface area (Å²) in [6.45, 7) is 3.38. The van der Waals surface area contributed by atoms with Crippen molar-refractivity contribution in [3.05, 3.63) is 40.4 Å². The van der Waals surface area contributed by atoms with Crippen LogP contribution in [0.15, 0.2) is 35.4 Å². The van der Waals surface area contributed by atoms with Crippen molar-refractivity contribution in [2.45, 2.75) is 20.0 Å². The number of carboxylic acids is 1. The molecule has 2 atom stereocenters. The number of ether oxygens (including phenoxy) is 1. The average molecular weight is 351 g/mol. The van der Waals surface area contributed by atoms with Gasteiger partial charge in [-0.05, 0) is 35.6 Å². The number of aliphatic carboxylic acids is 1. The van der Waals surface area contributed by atoms with Crippen molar-refractivity contribution in [1.29, 1.82) is 0 Å². The fourth-order valence-corrected chi connectivity index (χ4v) is 2.71. The standard InChI is InChI=1S/C15H14Cl2F2O3/c1-14(2)10(12(14)13(20)21)7-11(17)15(18,19)22-9-5-3-8(16)4-6-9/h3-7,10,12H,1-2H3,(H,20,21)/t10-,12+/m0/s1. The van der Waals surface area contributed by atoms with Crippen LogP contribution in [0.5, 0.6) is 5.75 Å². The SMILES string of the molecule is CC1(C)[C@@H](C=C(Cl)C(F)(F)Oc2ccc(Cl)cc2)[C@@H]1C(=O)O. The maximum atomic E-state index is 14.0. The molecule has 0 saturated heterocycles. The lowest BCUT2D eigenvalue weighted by Gasteiger charge is -2.17. The fraction of sp³-hybridized carbons (Fsp3) is 0.400. The molecule has 7 heteroatoms. The highest BCUT2D eigenvalue weighted by Crippen LogP contribution is 2.60. The van der Waals surface area contributed by atoms with Gasteiger partial charge in [-0.1, -0.05) is 43.1 Å². The first kappa shape index (κ1) is 17.0. The summed E-state index contributed by atoms with van der Waals surface area (Å²) in [5, 5.41) is 8.59. The average Bonchev–Trinajstić information content (AvgIpc) is 2.93. The van der Waals surface area contributed by atoms with Crippen LogP contribution in [-0.2, 0) is 4.79 Å². The second-order valence-corrected chi connectivity index (χ2v) is 6.59. The highest BCUT2D eigenvalue weighted by Gasteiger charge is 2.61. The van der Waals surface area contributed by atoms with Crippen LogP contribution in [0, 0.1) is 17.3 Å². The van der Waals surface area contributed by atoms with Gasteiger partial charge in [-0.15, -0.1) is 0 Å². The molecule has 0 aliphatic heterocycles. The molecule has 1 saturated carbocycles. The maximum Gasteiger partial charge on any atom is 0.437 e. The van der Waals surface area contributed by atoms with Crippen molar-refractivity contribution in [2.24, 2.45) is 17.3 Å². The third kappa shape index (κ3) is 3.36. The molecular weight excluding hydrogens is 337 g/mol. The van der Waals surface area contributed by atoms with E-state index in [-0.39, 0.29) is 5.75 Å². The van der Waals surface area contributed by atoms with Gasteiger partial charge in [0.05, 0.1) is 5.92 Å². The van der Waals surface area contributed by atoms with E-state index in [2.05, 4.69) is 4.74 Å². The van der Waals surface area contributed by atoms with Gasteiger partial charge in [0.15, 0.2) is 0 Å². The molecule has 1 aliphatic rings. The minimum Gasteiger partial charge on any atom is -0.481 e. The van der Waals surface area contributed by atoms with Crippen LogP contribution in [0.3, 0.4) is 0 Å². The molecule has 0 bridgehead atoms. The first-order valence-corrected chi connectivity index (χ1v) is 7.24. The zero-order valence-electron chi connectivity index (χ0n) is 11.8. The Hall–Kier alpha value is -1.33. The van der Waals surface area contributed by atoms with Gasteiger partial charge in [0.2, 0.25) is 0 Å². The molecule has 120 valence electrons. The van der Waals surface area contributed by atoms with Crippen molar-refractivity contribution in [2.75, 3.05) is 0 Å². The van der Waals surface area contributed by atoms with Gasteiger partial charge in [0, 0.05) is 5.02 Å². The van der Waals surface area contributed by atoms with E-state index in [0.717, 1.165) is 6.08 Å². The molecule has 0 spiro atoms. The summed E-state index contributed by atoms with van der Waals surface area (Å²) in [4.78, 5) is 11.0. The van der Waals surface area contributed by atoms with Crippen molar-refractivity contribution in [3.63, 3.8) is 0 Å². The van der Waals surface area contributed by atoms with Crippen LogP contribution < -0.4 is 4.74 Å². The van der Waals surface area contributed by atoms with E-state index in [1.807, 2.05) is 0 Å². The van der Waals surface area contributed by atoms with E-state index in [1.54, 1.807) is 13.8 Å². The minimum atomic E-state index is -3.74. The number of benzene rings is 1. The van der Waals surface area contributed by atoms with Gasteiger partial charge in [-0.25, -0.2) is 0 Å². The van der Waals surface area contributed by atoms with Crippen molar-refractivity contribution in [1.82, 2.24) is 0 Å². The Morgan fingerprint density at radius 3 is 2.36 bits per heavy atom. The molecule has 22 heavy (non-hydrogen) atoms. The summed E-state index contributed by atoms with van der Waals surface area (Å²) in [6.07, 6.45) is -2.67. The predicted molar refractivity (Wildman–Crippen MR) is 79.4 cm³/mol. The molecule has 1 aromatic carbocycles. The van der Waals surface area contributed by atoms with Crippen LogP contribution in [0.1, 0.15) is 13.8 Å². The topological polar surface area (TPSA) is 46.5 Å². The molecule has 0 heterocycles. The van der Waals surface area contributed by atoms with Gasteiger partial charge in [0.25, 0.3) is 0 Å². The Kier molecular flexibility index (Phi) is 4.42. The largest absolute Gasteiger partial charge is 0.481 e. The van der Waals surface area contributed by atoms with Crippen LogP contribution >= 0.6 is 23.2 Å². The summed E-state index contributed by atoms with van der Waals surface area (Å²) in [7, 11) is 0. The summed E-state index contributed by atoms with van der Waals surface area (Å²) in [5.74, 6) is -2.41. The minimum absolute atomic E-state index is 0.0919. The number of halogens is 4. The lowest BCUT2D eigenvalue weighted by molar-refractivity contribution is -0.140. The normalized spacial score (nSPS) is 24.0. The second kappa shape index (κ2) is 5.70.